The standard InChI is InChI=1S/C25H17N3O2S/c26-16-23-22(19-7-3-1-4-8-19)15-24(20-9-5-2-6-10-20)27-25(23)31-17-18-11-13-21(14-12-18)28(29)30/h1-15H,17H2. The average molecular weight is 423 g/mol. The Labute approximate surface area is 184 Å². The van der Waals surface area contributed by atoms with Crippen LogP contribution in [0.4, 0.5) is 5.69 Å². The van der Waals surface area contributed by atoms with Crippen molar-refractivity contribution in [2.45, 2.75) is 10.8 Å². The molecule has 150 valence electrons. The predicted octanol–water partition coefficient (Wildman–Crippen LogP) is 6.49. The first-order valence-corrected chi connectivity index (χ1v) is 10.6. The van der Waals surface area contributed by atoms with Crippen molar-refractivity contribution in [2.75, 3.05) is 0 Å². The Morgan fingerprint density at radius 3 is 2.10 bits per heavy atom. The quantitative estimate of drug-likeness (QED) is 0.201. The van der Waals surface area contributed by atoms with Crippen molar-refractivity contribution in [1.82, 2.24) is 4.98 Å². The summed E-state index contributed by atoms with van der Waals surface area (Å²) >= 11 is 1.45. The van der Waals surface area contributed by atoms with Crippen LogP contribution in [0.25, 0.3) is 22.4 Å². The van der Waals surface area contributed by atoms with Crippen LogP contribution in [0.1, 0.15) is 11.1 Å². The highest BCUT2D eigenvalue weighted by Gasteiger charge is 2.16. The number of pyridine rings is 1. The van der Waals surface area contributed by atoms with Crippen LogP contribution in [0.15, 0.2) is 96.0 Å². The molecule has 0 radical (unpaired) electrons. The third-order valence-corrected chi connectivity index (χ3v) is 5.82. The van der Waals surface area contributed by atoms with Gasteiger partial charge in [-0.1, -0.05) is 72.8 Å². The van der Waals surface area contributed by atoms with Gasteiger partial charge in [0.05, 0.1) is 16.2 Å². The summed E-state index contributed by atoms with van der Waals surface area (Å²) in [6, 6.07) is 30.4. The summed E-state index contributed by atoms with van der Waals surface area (Å²) in [5, 5.41) is 21.5. The maximum Gasteiger partial charge on any atom is 0.269 e. The van der Waals surface area contributed by atoms with Crippen LogP contribution in [-0.2, 0) is 5.75 Å². The molecule has 0 aliphatic heterocycles. The molecule has 0 bridgehead atoms. The van der Waals surface area contributed by atoms with Gasteiger partial charge in [-0.25, -0.2) is 4.98 Å². The Balaban J connectivity index is 1.75. The second kappa shape index (κ2) is 9.24. The first-order valence-electron chi connectivity index (χ1n) is 9.58. The lowest BCUT2D eigenvalue weighted by Gasteiger charge is -2.12. The highest BCUT2D eigenvalue weighted by Crippen LogP contribution is 2.35. The van der Waals surface area contributed by atoms with Crippen molar-refractivity contribution in [1.29, 1.82) is 5.26 Å². The number of thioether (sulfide) groups is 1. The molecule has 5 nitrogen and oxygen atoms in total. The molecule has 0 spiro atoms. The van der Waals surface area contributed by atoms with Gasteiger partial charge in [0.25, 0.3) is 5.69 Å². The zero-order valence-corrected chi connectivity index (χ0v) is 17.3. The molecule has 0 amide bonds. The maximum atomic E-state index is 10.9. The molecule has 0 N–H and O–H groups in total. The molecule has 1 heterocycles. The van der Waals surface area contributed by atoms with Gasteiger partial charge in [0.1, 0.15) is 11.1 Å². The molecule has 0 atom stereocenters. The number of benzene rings is 3. The number of non-ortho nitro benzene ring substituents is 1. The van der Waals surface area contributed by atoms with Gasteiger partial charge in [-0.05, 0) is 17.2 Å². The van der Waals surface area contributed by atoms with E-state index in [4.69, 9.17) is 4.98 Å². The third-order valence-electron chi connectivity index (χ3n) is 4.78. The zero-order chi connectivity index (χ0) is 21.6. The summed E-state index contributed by atoms with van der Waals surface area (Å²) in [5.41, 5.74) is 5.07. The lowest BCUT2D eigenvalue weighted by Crippen LogP contribution is -1.96. The minimum atomic E-state index is -0.415. The first kappa shape index (κ1) is 20.3. The number of hydrogen-bond acceptors (Lipinski definition) is 5. The van der Waals surface area contributed by atoms with Crippen molar-refractivity contribution in [3.05, 3.63) is 112 Å². The number of nitriles is 1. The minimum absolute atomic E-state index is 0.0574. The molecular formula is C25H17N3O2S. The van der Waals surface area contributed by atoms with E-state index in [-0.39, 0.29) is 5.69 Å². The number of rotatable bonds is 6. The zero-order valence-electron chi connectivity index (χ0n) is 16.4. The Morgan fingerprint density at radius 2 is 1.52 bits per heavy atom. The molecular weight excluding hydrogens is 406 g/mol. The fourth-order valence-corrected chi connectivity index (χ4v) is 4.16. The van der Waals surface area contributed by atoms with E-state index in [9.17, 15) is 15.4 Å². The van der Waals surface area contributed by atoms with Crippen LogP contribution >= 0.6 is 11.8 Å². The van der Waals surface area contributed by atoms with Crippen molar-refractivity contribution >= 4 is 17.4 Å². The van der Waals surface area contributed by atoms with Crippen molar-refractivity contribution in [2.24, 2.45) is 0 Å². The summed E-state index contributed by atoms with van der Waals surface area (Å²) in [6.07, 6.45) is 0. The van der Waals surface area contributed by atoms with Crippen LogP contribution in [0.5, 0.6) is 0 Å². The summed E-state index contributed by atoms with van der Waals surface area (Å²) in [7, 11) is 0. The minimum Gasteiger partial charge on any atom is -0.258 e. The SMILES string of the molecule is N#Cc1c(-c2ccccc2)cc(-c2ccccc2)nc1SCc1ccc([N+](=O)[O-])cc1. The molecule has 3 aromatic carbocycles. The smallest absolute Gasteiger partial charge is 0.258 e. The van der Waals surface area contributed by atoms with E-state index in [1.807, 2.05) is 66.7 Å². The predicted molar refractivity (Wildman–Crippen MR) is 122 cm³/mol. The fraction of sp³-hybridized carbons (Fsp3) is 0.0400. The fourth-order valence-electron chi connectivity index (χ4n) is 3.20. The van der Waals surface area contributed by atoms with Gasteiger partial charge in [-0.2, -0.15) is 5.26 Å². The molecule has 0 aliphatic rings. The average Bonchev–Trinajstić information content (AvgIpc) is 2.83. The van der Waals surface area contributed by atoms with Crippen LogP contribution in [0, 0.1) is 21.4 Å². The molecule has 31 heavy (non-hydrogen) atoms. The summed E-state index contributed by atoms with van der Waals surface area (Å²) in [6.45, 7) is 0. The van der Waals surface area contributed by atoms with Crippen molar-refractivity contribution < 1.29 is 4.92 Å². The Bertz CT molecular complexity index is 1250. The Kier molecular flexibility index (Phi) is 6.06. The molecule has 6 heteroatoms. The summed E-state index contributed by atoms with van der Waals surface area (Å²) in [5.74, 6) is 0.548. The molecule has 0 saturated heterocycles. The van der Waals surface area contributed by atoms with E-state index in [1.165, 1.54) is 23.9 Å². The van der Waals surface area contributed by atoms with E-state index in [0.717, 1.165) is 27.9 Å². The van der Waals surface area contributed by atoms with E-state index in [2.05, 4.69) is 6.07 Å². The van der Waals surface area contributed by atoms with Gasteiger partial charge < -0.3 is 0 Å². The monoisotopic (exact) mass is 423 g/mol. The summed E-state index contributed by atoms with van der Waals surface area (Å²) < 4.78 is 0. The summed E-state index contributed by atoms with van der Waals surface area (Å²) in [4.78, 5) is 15.3. The molecule has 0 fully saturated rings. The number of nitro groups is 1. The Hall–Kier alpha value is -3.95. The van der Waals surface area contributed by atoms with Crippen LogP contribution in [-0.4, -0.2) is 9.91 Å². The van der Waals surface area contributed by atoms with Gasteiger partial charge in [0, 0.05) is 29.0 Å². The topological polar surface area (TPSA) is 79.8 Å². The van der Waals surface area contributed by atoms with E-state index < -0.39 is 4.92 Å². The molecule has 1 aromatic heterocycles. The molecule has 0 aliphatic carbocycles. The van der Waals surface area contributed by atoms with E-state index in [1.54, 1.807) is 12.1 Å². The van der Waals surface area contributed by atoms with Crippen LogP contribution in [0.2, 0.25) is 0 Å². The van der Waals surface area contributed by atoms with Crippen molar-refractivity contribution in [3.8, 4) is 28.5 Å². The van der Waals surface area contributed by atoms with E-state index in [0.29, 0.717) is 16.3 Å². The lowest BCUT2D eigenvalue weighted by molar-refractivity contribution is -0.384. The highest BCUT2D eigenvalue weighted by molar-refractivity contribution is 7.98. The molecule has 0 saturated carbocycles. The second-order valence-corrected chi connectivity index (χ2v) is 7.76. The third kappa shape index (κ3) is 4.63. The number of hydrogen-bond donors (Lipinski definition) is 0. The molecule has 0 unspecified atom stereocenters. The van der Waals surface area contributed by atoms with Crippen molar-refractivity contribution in [3.63, 3.8) is 0 Å². The number of nitro benzene ring substituents is 1. The molecule has 4 aromatic rings. The van der Waals surface area contributed by atoms with Gasteiger partial charge in [0.15, 0.2) is 0 Å². The number of aromatic nitrogens is 1. The van der Waals surface area contributed by atoms with Gasteiger partial charge in [0.2, 0.25) is 0 Å². The van der Waals surface area contributed by atoms with E-state index >= 15 is 0 Å². The van der Waals surface area contributed by atoms with Gasteiger partial charge >= 0.3 is 0 Å². The Morgan fingerprint density at radius 1 is 0.903 bits per heavy atom. The van der Waals surface area contributed by atoms with Crippen LogP contribution < -0.4 is 0 Å². The largest absolute Gasteiger partial charge is 0.269 e. The van der Waals surface area contributed by atoms with Gasteiger partial charge in [-0.3, -0.25) is 10.1 Å². The van der Waals surface area contributed by atoms with Gasteiger partial charge in [-0.15, -0.1) is 11.8 Å². The van der Waals surface area contributed by atoms with Crippen LogP contribution in [0.3, 0.4) is 0 Å². The first-order chi connectivity index (χ1) is 15.2. The molecule has 4 rings (SSSR count). The number of nitrogens with zero attached hydrogens (tertiary/aromatic N) is 3. The second-order valence-electron chi connectivity index (χ2n) is 6.79. The highest BCUT2D eigenvalue weighted by atomic mass is 32.2. The maximum absolute atomic E-state index is 10.9. The lowest BCUT2D eigenvalue weighted by atomic mass is 9.99. The normalized spacial score (nSPS) is 10.4.